The lowest BCUT2D eigenvalue weighted by Crippen LogP contribution is -2.12. The summed E-state index contributed by atoms with van der Waals surface area (Å²) < 4.78 is 0. The monoisotopic (exact) mass is 634 g/mol. The second-order valence-electron chi connectivity index (χ2n) is 13.3. The van der Waals surface area contributed by atoms with Crippen LogP contribution < -0.4 is 10.9 Å². The summed E-state index contributed by atoms with van der Waals surface area (Å²) >= 11 is 0. The van der Waals surface area contributed by atoms with Gasteiger partial charge in [-0.05, 0) is 25.2 Å². The highest BCUT2D eigenvalue weighted by atomic mass is 16.3. The summed E-state index contributed by atoms with van der Waals surface area (Å²) in [6.45, 7) is 9.79. The normalized spacial score (nSPS) is 12.9. The maximum Gasteiger partial charge on any atom is 0.201 e. The first-order valence-corrected chi connectivity index (χ1v) is 15.4. The minimum absolute atomic E-state index is 0.00826. The van der Waals surface area contributed by atoms with Crippen molar-refractivity contribution in [2.24, 2.45) is 0 Å². The molecule has 0 bridgehead atoms. The lowest BCUT2D eigenvalue weighted by atomic mass is 9.76. The van der Waals surface area contributed by atoms with Crippen molar-refractivity contribution in [3.8, 4) is 46.0 Å². The van der Waals surface area contributed by atoms with Crippen molar-refractivity contribution in [3.63, 3.8) is 0 Å². The summed E-state index contributed by atoms with van der Waals surface area (Å²) in [5, 5.41) is 92.7. The van der Waals surface area contributed by atoms with Gasteiger partial charge in [-0.3, -0.25) is 9.59 Å². The third kappa shape index (κ3) is 2.85. The summed E-state index contributed by atoms with van der Waals surface area (Å²) in [5.41, 5.74) is -1.77. The van der Waals surface area contributed by atoms with Gasteiger partial charge in [-0.1, -0.05) is 34.6 Å². The van der Waals surface area contributed by atoms with Crippen LogP contribution in [0.3, 0.4) is 0 Å². The Hall–Kier alpha value is -5.64. The molecule has 0 aliphatic rings. The first kappa shape index (κ1) is 28.8. The molecule has 10 nitrogen and oxygen atoms in total. The van der Waals surface area contributed by atoms with Gasteiger partial charge in [0.05, 0.1) is 21.5 Å². The smallest absolute Gasteiger partial charge is 0.201 e. The summed E-state index contributed by atoms with van der Waals surface area (Å²) in [7, 11) is 0. The van der Waals surface area contributed by atoms with E-state index in [1.54, 1.807) is 34.6 Å². The van der Waals surface area contributed by atoms with Crippen molar-refractivity contribution in [2.75, 3.05) is 0 Å². The highest BCUT2D eigenvalue weighted by Crippen LogP contribution is 2.61. The minimum Gasteiger partial charge on any atom is -0.507 e. The van der Waals surface area contributed by atoms with Gasteiger partial charge in [0.25, 0.3) is 0 Å². The molecule has 8 aromatic rings. The Morgan fingerprint density at radius 3 is 1.04 bits per heavy atom. The van der Waals surface area contributed by atoms with Gasteiger partial charge in [0.2, 0.25) is 10.9 Å². The van der Waals surface area contributed by atoms with Crippen LogP contribution in [0.2, 0.25) is 0 Å². The van der Waals surface area contributed by atoms with Crippen molar-refractivity contribution in [2.45, 2.75) is 59.8 Å². The molecule has 0 fully saturated rings. The zero-order valence-corrected chi connectivity index (χ0v) is 26.3. The second-order valence-corrected chi connectivity index (χ2v) is 13.3. The fourth-order valence-corrected chi connectivity index (χ4v) is 8.40. The molecule has 10 heteroatoms. The van der Waals surface area contributed by atoms with Crippen molar-refractivity contribution in [3.05, 3.63) is 42.7 Å². The van der Waals surface area contributed by atoms with E-state index in [0.29, 0.717) is 0 Å². The van der Waals surface area contributed by atoms with Crippen molar-refractivity contribution >= 4 is 75.4 Å². The molecule has 0 saturated carbocycles. The molecule has 8 rings (SSSR count). The Morgan fingerprint density at radius 2 is 0.660 bits per heavy atom. The number of phenols is 8. The van der Waals surface area contributed by atoms with E-state index in [1.807, 2.05) is 0 Å². The number of fused-ring (bicyclic) bond motifs is 2. The summed E-state index contributed by atoms with van der Waals surface area (Å²) in [5.74, 6) is -5.16. The highest BCUT2D eigenvalue weighted by Gasteiger charge is 2.37. The van der Waals surface area contributed by atoms with E-state index in [1.165, 1.54) is 6.92 Å². The predicted molar refractivity (Wildman–Crippen MR) is 182 cm³/mol. The first-order chi connectivity index (χ1) is 22.1. The quantitative estimate of drug-likeness (QED) is 0.0740. The largest absolute Gasteiger partial charge is 0.507 e. The Morgan fingerprint density at radius 1 is 0.404 bits per heavy atom. The zero-order chi connectivity index (χ0) is 34.0. The highest BCUT2D eigenvalue weighted by molar-refractivity contribution is 6.51. The number of aromatic hydroxyl groups is 8. The SMILES string of the molecule is CCc1c(O)c2c(=O)c3c(O)c(C(C)C)c(O)c4c5c(O)c(C(C)C)c(O)c6c(=O)c7c(O)c(C)c(O)c8c(c1O)c2c(c34)c(c78)c65. The molecule has 0 aromatic heterocycles. The molecule has 0 unspecified atom stereocenters. The third-order valence-electron chi connectivity index (χ3n) is 10.4. The number of hydrogen-bond donors (Lipinski definition) is 8. The van der Waals surface area contributed by atoms with E-state index in [2.05, 4.69) is 0 Å². The standard InChI is InChI=1S/C37H30O10/c1-7-11-30(40)21-17-15-14-16-20(21)28(38)10(6)29(39)24(16)36(46)26-18(14)22(32(42)12(8(2)3)34(26)44)23-19(15)27(37(47)25(17)31(11)41)35(45)13(9(4)5)33(23)43/h8-9,38-45H,7H2,1-6H3. The first-order valence-electron chi connectivity index (χ1n) is 15.4. The fraction of sp³-hybridized carbons (Fsp3) is 0.243. The number of phenolic OH excluding ortho intramolecular Hbond substituents is 8. The number of benzene rings is 8. The third-order valence-corrected chi connectivity index (χ3v) is 10.4. The van der Waals surface area contributed by atoms with Gasteiger partial charge in [0.1, 0.15) is 46.0 Å². The van der Waals surface area contributed by atoms with Crippen LogP contribution in [0.4, 0.5) is 0 Å². The molecule has 0 atom stereocenters. The van der Waals surface area contributed by atoms with Crippen LogP contribution in [0.15, 0.2) is 9.59 Å². The molecule has 0 aliphatic heterocycles. The molecule has 238 valence electrons. The Labute approximate surface area is 264 Å². The Kier molecular flexibility index (Phi) is 5.26. The molecule has 0 aliphatic carbocycles. The van der Waals surface area contributed by atoms with E-state index >= 15 is 0 Å². The Bertz CT molecular complexity index is 2850. The van der Waals surface area contributed by atoms with Crippen LogP contribution in [-0.4, -0.2) is 40.9 Å². The molecule has 8 N–H and O–H groups in total. The summed E-state index contributed by atoms with van der Waals surface area (Å²) in [6, 6.07) is 0. The van der Waals surface area contributed by atoms with E-state index < -0.39 is 68.7 Å². The van der Waals surface area contributed by atoms with Gasteiger partial charge >= 0.3 is 0 Å². The molecule has 0 amide bonds. The topological polar surface area (TPSA) is 196 Å². The zero-order valence-electron chi connectivity index (χ0n) is 26.3. The lowest BCUT2D eigenvalue weighted by Gasteiger charge is -2.27. The van der Waals surface area contributed by atoms with Gasteiger partial charge in [-0.15, -0.1) is 0 Å². The Balaban J connectivity index is 2.01. The van der Waals surface area contributed by atoms with Gasteiger partial charge in [-0.2, -0.15) is 0 Å². The van der Waals surface area contributed by atoms with E-state index in [0.717, 1.165) is 0 Å². The average molecular weight is 635 g/mol. The van der Waals surface area contributed by atoms with E-state index in [-0.39, 0.29) is 104 Å². The van der Waals surface area contributed by atoms with Crippen LogP contribution in [0.1, 0.15) is 68.7 Å². The molecule has 0 radical (unpaired) electrons. The van der Waals surface area contributed by atoms with Crippen molar-refractivity contribution in [1.29, 1.82) is 0 Å². The molecule has 8 aromatic carbocycles. The van der Waals surface area contributed by atoms with Gasteiger partial charge < -0.3 is 40.9 Å². The maximum absolute atomic E-state index is 14.6. The molecule has 0 heterocycles. The minimum atomic E-state index is -0.822. The predicted octanol–water partition coefficient (Wildman–Crippen LogP) is 6.99. The molecule has 0 saturated heterocycles. The second kappa shape index (κ2) is 8.58. The van der Waals surface area contributed by atoms with Crippen LogP contribution in [0.5, 0.6) is 46.0 Å². The lowest BCUT2D eigenvalue weighted by molar-refractivity contribution is 0.438. The fourth-order valence-electron chi connectivity index (χ4n) is 8.40. The van der Waals surface area contributed by atoms with Gasteiger partial charge in [0.15, 0.2) is 0 Å². The molecule has 0 spiro atoms. The molecular weight excluding hydrogens is 604 g/mol. The van der Waals surface area contributed by atoms with Crippen LogP contribution in [-0.2, 0) is 6.42 Å². The number of rotatable bonds is 3. The van der Waals surface area contributed by atoms with E-state index in [4.69, 9.17) is 0 Å². The molecular formula is C37H30O10. The van der Waals surface area contributed by atoms with Crippen LogP contribution >= 0.6 is 0 Å². The average Bonchev–Trinajstić information content (AvgIpc) is 2.99. The summed E-state index contributed by atoms with van der Waals surface area (Å²) in [6.07, 6.45) is 0.0553. The van der Waals surface area contributed by atoms with Gasteiger partial charge in [0, 0.05) is 76.1 Å². The van der Waals surface area contributed by atoms with Crippen molar-refractivity contribution < 1.29 is 40.9 Å². The van der Waals surface area contributed by atoms with Crippen LogP contribution in [0, 0.1) is 6.92 Å². The van der Waals surface area contributed by atoms with E-state index in [9.17, 15) is 50.4 Å². The van der Waals surface area contributed by atoms with Crippen molar-refractivity contribution in [1.82, 2.24) is 0 Å². The maximum atomic E-state index is 14.6. The number of hydrogen-bond acceptors (Lipinski definition) is 10. The van der Waals surface area contributed by atoms with Crippen LogP contribution in [0.25, 0.3) is 75.4 Å². The summed E-state index contributed by atoms with van der Waals surface area (Å²) in [4.78, 5) is 29.2. The molecule has 47 heavy (non-hydrogen) atoms. The van der Waals surface area contributed by atoms with Gasteiger partial charge in [-0.25, -0.2) is 0 Å².